The molecule has 2 aromatic carbocycles. The molecule has 1 unspecified atom stereocenters. The Morgan fingerprint density at radius 2 is 1.95 bits per heavy atom. The van der Waals surface area contributed by atoms with E-state index >= 15 is 0 Å². The summed E-state index contributed by atoms with van der Waals surface area (Å²) in [4.78, 5) is 12.1. The lowest BCUT2D eigenvalue weighted by atomic mass is 10.1. The number of nitrogens with one attached hydrogen (secondary N) is 1. The van der Waals surface area contributed by atoms with E-state index in [2.05, 4.69) is 21.2 Å². The van der Waals surface area contributed by atoms with E-state index in [1.165, 1.54) is 18.2 Å². The number of carbonyl (C=O) groups excluding carboxylic acids is 1. The maximum atomic E-state index is 13.7. The summed E-state index contributed by atoms with van der Waals surface area (Å²) < 4.78 is 14.6. The van der Waals surface area contributed by atoms with Crippen LogP contribution in [0.1, 0.15) is 28.9 Å². The number of rotatable bonds is 3. The normalized spacial score (nSPS) is 12.0. The molecular weight excluding hydrogens is 345 g/mol. The summed E-state index contributed by atoms with van der Waals surface area (Å²) in [7, 11) is 0. The maximum Gasteiger partial charge on any atom is 0.256 e. The Hall–Kier alpha value is -1.39. The molecule has 0 aliphatic heterocycles. The zero-order chi connectivity index (χ0) is 14.7. The quantitative estimate of drug-likeness (QED) is 0.846. The van der Waals surface area contributed by atoms with Gasteiger partial charge in [-0.1, -0.05) is 51.8 Å². The second kappa shape index (κ2) is 6.37. The largest absolute Gasteiger partial charge is 0.345 e. The number of benzene rings is 2. The predicted octanol–water partition coefficient (Wildman–Crippen LogP) is 4.73. The molecule has 2 aromatic rings. The van der Waals surface area contributed by atoms with Crippen LogP contribution < -0.4 is 5.32 Å². The van der Waals surface area contributed by atoms with Gasteiger partial charge in [0.1, 0.15) is 5.82 Å². The van der Waals surface area contributed by atoms with Crippen LogP contribution in [0.4, 0.5) is 4.39 Å². The van der Waals surface area contributed by atoms with Crippen LogP contribution in [0.2, 0.25) is 5.02 Å². The van der Waals surface area contributed by atoms with Gasteiger partial charge in [0.25, 0.3) is 5.91 Å². The van der Waals surface area contributed by atoms with Gasteiger partial charge in [-0.15, -0.1) is 0 Å². The molecule has 0 saturated carbocycles. The van der Waals surface area contributed by atoms with Gasteiger partial charge in [-0.3, -0.25) is 4.79 Å². The van der Waals surface area contributed by atoms with E-state index in [4.69, 9.17) is 11.6 Å². The van der Waals surface area contributed by atoms with Crippen LogP contribution in [-0.2, 0) is 0 Å². The van der Waals surface area contributed by atoms with E-state index in [1.807, 2.05) is 31.2 Å². The molecule has 20 heavy (non-hydrogen) atoms. The number of halogens is 3. The standard InChI is InChI=1S/C15H12BrClFNO/c1-9(10-5-2-3-6-11(10)16)19-15(20)14-12(17)7-4-8-13(14)18/h2-9H,1H3,(H,19,20). The summed E-state index contributed by atoms with van der Waals surface area (Å²) in [5, 5.41) is 2.84. The summed E-state index contributed by atoms with van der Waals surface area (Å²) >= 11 is 9.30. The third-order valence-electron chi connectivity index (χ3n) is 2.91. The Balaban J connectivity index is 2.22. The van der Waals surface area contributed by atoms with Crippen LogP contribution in [0.5, 0.6) is 0 Å². The monoisotopic (exact) mass is 355 g/mol. The number of amides is 1. The van der Waals surface area contributed by atoms with Crippen molar-refractivity contribution in [2.75, 3.05) is 0 Å². The lowest BCUT2D eigenvalue weighted by molar-refractivity contribution is 0.0936. The summed E-state index contributed by atoms with van der Waals surface area (Å²) in [5.41, 5.74) is 0.779. The number of hydrogen-bond donors (Lipinski definition) is 1. The molecule has 0 spiro atoms. The topological polar surface area (TPSA) is 29.1 Å². The second-order valence-electron chi connectivity index (χ2n) is 4.31. The molecule has 0 fully saturated rings. The van der Waals surface area contributed by atoms with Gasteiger partial charge in [0.15, 0.2) is 0 Å². The first-order valence-corrected chi connectivity index (χ1v) is 7.17. The molecule has 0 heterocycles. The molecule has 0 aliphatic rings. The molecule has 0 aliphatic carbocycles. The van der Waals surface area contributed by atoms with E-state index in [0.717, 1.165) is 10.0 Å². The minimum atomic E-state index is -0.630. The smallest absolute Gasteiger partial charge is 0.256 e. The zero-order valence-corrected chi connectivity index (χ0v) is 13.0. The Morgan fingerprint density at radius 1 is 1.25 bits per heavy atom. The fourth-order valence-electron chi connectivity index (χ4n) is 1.89. The molecule has 0 aromatic heterocycles. The highest BCUT2D eigenvalue weighted by Crippen LogP contribution is 2.24. The van der Waals surface area contributed by atoms with Crippen LogP contribution in [0, 0.1) is 5.82 Å². The van der Waals surface area contributed by atoms with Crippen molar-refractivity contribution in [3.8, 4) is 0 Å². The summed E-state index contributed by atoms with van der Waals surface area (Å²) in [6.45, 7) is 1.83. The van der Waals surface area contributed by atoms with E-state index in [1.54, 1.807) is 0 Å². The van der Waals surface area contributed by atoms with E-state index < -0.39 is 11.7 Å². The van der Waals surface area contributed by atoms with Gasteiger partial charge in [0, 0.05) is 4.47 Å². The first-order valence-electron chi connectivity index (χ1n) is 6.00. The highest BCUT2D eigenvalue weighted by Gasteiger charge is 2.18. The van der Waals surface area contributed by atoms with E-state index in [0.29, 0.717) is 0 Å². The fraction of sp³-hybridized carbons (Fsp3) is 0.133. The van der Waals surface area contributed by atoms with E-state index in [-0.39, 0.29) is 16.6 Å². The van der Waals surface area contributed by atoms with Crippen molar-refractivity contribution in [3.63, 3.8) is 0 Å². The van der Waals surface area contributed by atoms with Crippen LogP contribution in [-0.4, -0.2) is 5.91 Å². The van der Waals surface area contributed by atoms with Crippen LogP contribution in [0.15, 0.2) is 46.9 Å². The Kier molecular flexibility index (Phi) is 4.78. The average Bonchev–Trinajstić information content (AvgIpc) is 2.38. The predicted molar refractivity (Wildman–Crippen MR) is 81.4 cm³/mol. The van der Waals surface area contributed by atoms with Crippen molar-refractivity contribution >= 4 is 33.4 Å². The third kappa shape index (κ3) is 3.19. The molecule has 0 bridgehead atoms. The lowest BCUT2D eigenvalue weighted by Gasteiger charge is -2.16. The van der Waals surface area contributed by atoms with Crippen LogP contribution in [0.25, 0.3) is 0 Å². The van der Waals surface area contributed by atoms with Gasteiger partial charge in [-0.25, -0.2) is 4.39 Å². The lowest BCUT2D eigenvalue weighted by Crippen LogP contribution is -2.28. The minimum Gasteiger partial charge on any atom is -0.345 e. The van der Waals surface area contributed by atoms with Gasteiger partial charge in [-0.05, 0) is 30.7 Å². The Bertz CT molecular complexity index is 627. The highest BCUT2D eigenvalue weighted by atomic mass is 79.9. The molecule has 1 amide bonds. The van der Waals surface area contributed by atoms with Crippen molar-refractivity contribution in [2.45, 2.75) is 13.0 Å². The molecular formula is C15H12BrClFNO. The van der Waals surface area contributed by atoms with Crippen molar-refractivity contribution in [1.29, 1.82) is 0 Å². The second-order valence-corrected chi connectivity index (χ2v) is 5.57. The summed E-state index contributed by atoms with van der Waals surface area (Å²) in [6.07, 6.45) is 0. The van der Waals surface area contributed by atoms with Gasteiger partial charge in [0.2, 0.25) is 0 Å². The van der Waals surface area contributed by atoms with Crippen molar-refractivity contribution in [1.82, 2.24) is 5.32 Å². The van der Waals surface area contributed by atoms with Gasteiger partial charge in [-0.2, -0.15) is 0 Å². The van der Waals surface area contributed by atoms with Crippen LogP contribution >= 0.6 is 27.5 Å². The molecule has 2 rings (SSSR count). The van der Waals surface area contributed by atoms with Gasteiger partial charge >= 0.3 is 0 Å². The first-order chi connectivity index (χ1) is 9.50. The van der Waals surface area contributed by atoms with Crippen LogP contribution in [0.3, 0.4) is 0 Å². The molecule has 104 valence electrons. The van der Waals surface area contributed by atoms with E-state index in [9.17, 15) is 9.18 Å². The average molecular weight is 357 g/mol. The Morgan fingerprint density at radius 3 is 2.60 bits per heavy atom. The number of hydrogen-bond acceptors (Lipinski definition) is 1. The molecule has 0 saturated heterocycles. The maximum absolute atomic E-state index is 13.7. The summed E-state index contributed by atoms with van der Waals surface area (Å²) in [5.74, 6) is -1.16. The zero-order valence-electron chi connectivity index (χ0n) is 10.7. The Labute approximate surface area is 130 Å². The molecule has 1 N–H and O–H groups in total. The fourth-order valence-corrected chi connectivity index (χ4v) is 2.76. The minimum absolute atomic E-state index is 0.0989. The molecule has 0 radical (unpaired) electrons. The van der Waals surface area contributed by atoms with Gasteiger partial charge < -0.3 is 5.32 Å². The van der Waals surface area contributed by atoms with Crippen molar-refractivity contribution in [2.24, 2.45) is 0 Å². The highest BCUT2D eigenvalue weighted by molar-refractivity contribution is 9.10. The third-order valence-corrected chi connectivity index (χ3v) is 3.95. The van der Waals surface area contributed by atoms with Crippen molar-refractivity contribution in [3.05, 3.63) is 68.9 Å². The first kappa shape index (κ1) is 15.0. The summed E-state index contributed by atoms with van der Waals surface area (Å²) in [6, 6.07) is 11.4. The number of carbonyl (C=O) groups is 1. The SMILES string of the molecule is CC(NC(=O)c1c(F)cccc1Cl)c1ccccc1Br. The molecule has 5 heteroatoms. The molecule has 2 nitrogen and oxygen atoms in total. The van der Waals surface area contributed by atoms with Crippen molar-refractivity contribution < 1.29 is 9.18 Å². The molecule has 1 atom stereocenters. The van der Waals surface area contributed by atoms with Gasteiger partial charge in [0.05, 0.1) is 16.6 Å².